The fourth-order valence-corrected chi connectivity index (χ4v) is 5.84. The topological polar surface area (TPSA) is 68.5 Å². The molecule has 1 fully saturated rings. The first kappa shape index (κ1) is 26.2. The van der Waals surface area contributed by atoms with Crippen molar-refractivity contribution in [2.45, 2.75) is 51.5 Å². The average Bonchev–Trinajstić information content (AvgIpc) is 3.33. The zero-order valence-corrected chi connectivity index (χ0v) is 23.2. The zero-order chi connectivity index (χ0) is 26.5. The van der Waals surface area contributed by atoms with Crippen LogP contribution in [0.5, 0.6) is 5.75 Å². The lowest BCUT2D eigenvalue weighted by molar-refractivity contribution is -0.127. The van der Waals surface area contributed by atoms with Gasteiger partial charge in [0.2, 0.25) is 0 Å². The molecule has 0 aliphatic heterocycles. The lowest BCUT2D eigenvalue weighted by Gasteiger charge is -2.29. The molecule has 3 aromatic heterocycles. The van der Waals surface area contributed by atoms with Gasteiger partial charge in [-0.05, 0) is 83.4 Å². The van der Waals surface area contributed by atoms with Gasteiger partial charge in [0.05, 0.1) is 10.7 Å². The van der Waals surface area contributed by atoms with Gasteiger partial charge in [0.15, 0.2) is 5.65 Å². The molecule has 196 valence electrons. The number of halogens is 1. The van der Waals surface area contributed by atoms with E-state index in [1.807, 2.05) is 48.8 Å². The summed E-state index contributed by atoms with van der Waals surface area (Å²) in [5, 5.41) is 3.57. The van der Waals surface area contributed by atoms with E-state index < -0.39 is 0 Å². The Morgan fingerprint density at radius 1 is 1.18 bits per heavy atom. The molecular formula is C31H33BrN4O2. The van der Waals surface area contributed by atoms with Gasteiger partial charge >= 0.3 is 0 Å². The highest BCUT2D eigenvalue weighted by atomic mass is 79.9. The van der Waals surface area contributed by atoms with Crippen molar-refractivity contribution in [3.8, 4) is 5.75 Å². The summed E-state index contributed by atoms with van der Waals surface area (Å²) in [5.74, 6) is 2.61. The van der Waals surface area contributed by atoms with E-state index in [-0.39, 0.29) is 11.8 Å². The molecule has 1 aliphatic rings. The molecule has 1 atom stereocenters. The minimum Gasteiger partial charge on any atom is -0.466 e. The molecule has 1 aliphatic carbocycles. The van der Waals surface area contributed by atoms with E-state index in [0.29, 0.717) is 18.2 Å². The molecule has 38 heavy (non-hydrogen) atoms. The fraction of sp³-hybridized carbons (Fsp3) is 0.323. The summed E-state index contributed by atoms with van der Waals surface area (Å²) in [4.78, 5) is 22.5. The van der Waals surface area contributed by atoms with E-state index in [9.17, 15) is 4.79 Å². The van der Waals surface area contributed by atoms with E-state index in [1.165, 1.54) is 6.26 Å². The molecule has 0 bridgehead atoms. The van der Waals surface area contributed by atoms with Crippen LogP contribution in [0.4, 0.5) is 5.82 Å². The molecule has 0 saturated heterocycles. The van der Waals surface area contributed by atoms with E-state index in [2.05, 4.69) is 56.3 Å². The number of hydrogen-bond donors (Lipinski definition) is 1. The second kappa shape index (κ2) is 11.9. The van der Waals surface area contributed by atoms with E-state index in [1.54, 1.807) is 6.20 Å². The molecule has 6 nitrogen and oxygen atoms in total. The molecule has 0 spiro atoms. The van der Waals surface area contributed by atoms with Gasteiger partial charge in [-0.15, -0.1) is 0 Å². The first-order valence-corrected chi connectivity index (χ1v) is 14.0. The maximum Gasteiger partial charge on any atom is 0.152 e. The number of Topliss-reactive ketones (excluding diaryl/α,β-unsaturated/α-hetero) is 1. The number of ketones is 1. The number of aromatic nitrogens is 3. The van der Waals surface area contributed by atoms with Crippen LogP contribution in [0.1, 0.15) is 55.3 Å². The van der Waals surface area contributed by atoms with Crippen molar-refractivity contribution in [1.82, 2.24) is 14.4 Å². The van der Waals surface area contributed by atoms with Crippen LogP contribution in [0.15, 0.2) is 84.4 Å². The number of anilines is 1. The summed E-state index contributed by atoms with van der Waals surface area (Å²) in [6.07, 6.45) is 11.6. The van der Waals surface area contributed by atoms with Crippen molar-refractivity contribution in [1.29, 1.82) is 0 Å². The summed E-state index contributed by atoms with van der Waals surface area (Å²) in [6, 6.07) is 16.1. The summed E-state index contributed by atoms with van der Waals surface area (Å²) in [7, 11) is 0. The molecule has 0 amide bonds. The number of pyridine rings is 1. The van der Waals surface area contributed by atoms with Crippen LogP contribution >= 0.6 is 15.9 Å². The predicted molar refractivity (Wildman–Crippen MR) is 154 cm³/mol. The minimum atomic E-state index is -0.00264. The van der Waals surface area contributed by atoms with Crippen LogP contribution in [-0.2, 0) is 17.8 Å². The fourth-order valence-electron chi connectivity index (χ4n) is 5.44. The quantitative estimate of drug-likeness (QED) is 0.201. The van der Waals surface area contributed by atoms with Gasteiger partial charge in [-0.3, -0.25) is 14.2 Å². The molecule has 7 heteroatoms. The highest BCUT2D eigenvalue weighted by molar-refractivity contribution is 9.10. The molecule has 1 aromatic carbocycles. The zero-order valence-electron chi connectivity index (χ0n) is 21.6. The standard InChI is InChI=1S/C31H33BrN4O2/c1-3-38-26-12-6-22(7-13-26)17-21(2)30(37)25-10-8-24(9-11-25)28-18-29(34-20-23-5-4-15-33-19-23)36-16-14-27(32)31(36)35-28/h3-7,12-16,18-19,21,24-25,34H,1,8-11,17,20H2,2H3/t21-,24?,25?/m1/s1. The van der Waals surface area contributed by atoms with Crippen LogP contribution in [0.2, 0.25) is 0 Å². The van der Waals surface area contributed by atoms with Gasteiger partial charge in [0.25, 0.3) is 0 Å². The predicted octanol–water partition coefficient (Wildman–Crippen LogP) is 7.35. The Bertz CT molecular complexity index is 1390. The van der Waals surface area contributed by atoms with E-state index in [0.717, 1.165) is 70.6 Å². The number of hydrogen-bond acceptors (Lipinski definition) is 5. The molecule has 0 unspecified atom stereocenters. The van der Waals surface area contributed by atoms with Gasteiger partial charge < -0.3 is 10.1 Å². The van der Waals surface area contributed by atoms with Gasteiger partial charge in [-0.1, -0.05) is 31.7 Å². The van der Waals surface area contributed by atoms with Crippen LogP contribution in [0.25, 0.3) is 5.65 Å². The maximum atomic E-state index is 13.3. The highest BCUT2D eigenvalue weighted by Crippen LogP contribution is 2.38. The van der Waals surface area contributed by atoms with E-state index in [4.69, 9.17) is 9.72 Å². The van der Waals surface area contributed by atoms with Crippen molar-refractivity contribution in [2.75, 3.05) is 5.32 Å². The summed E-state index contributed by atoms with van der Waals surface area (Å²) in [5.41, 5.74) is 4.27. The van der Waals surface area contributed by atoms with Crippen molar-refractivity contribution < 1.29 is 9.53 Å². The number of carbonyl (C=O) groups excluding carboxylic acids is 1. The SMILES string of the molecule is C=COc1ccc(C[C@@H](C)C(=O)C2CCC(c3cc(NCc4cccnc4)n4ccc(Br)c4n3)CC2)cc1. The first-order chi connectivity index (χ1) is 18.5. The number of nitrogens with one attached hydrogen (secondary N) is 1. The number of nitrogens with zero attached hydrogens (tertiary/aromatic N) is 3. The van der Waals surface area contributed by atoms with Crippen molar-refractivity contribution in [3.05, 3.63) is 101 Å². The molecule has 1 N–H and O–H groups in total. The molecule has 0 radical (unpaired) electrons. The highest BCUT2D eigenvalue weighted by Gasteiger charge is 2.30. The van der Waals surface area contributed by atoms with Gasteiger partial charge in [0, 0.05) is 54.6 Å². The molecular weight excluding hydrogens is 540 g/mol. The lowest BCUT2D eigenvalue weighted by Crippen LogP contribution is -2.27. The van der Waals surface area contributed by atoms with Crippen LogP contribution in [0, 0.1) is 11.8 Å². The third-order valence-electron chi connectivity index (χ3n) is 7.51. The Balaban J connectivity index is 1.23. The molecule has 4 aromatic rings. The number of benzene rings is 1. The second-order valence-electron chi connectivity index (χ2n) is 10.1. The summed E-state index contributed by atoms with van der Waals surface area (Å²) in [6.45, 7) is 6.33. The third-order valence-corrected chi connectivity index (χ3v) is 8.12. The summed E-state index contributed by atoms with van der Waals surface area (Å²) < 4.78 is 8.36. The van der Waals surface area contributed by atoms with Crippen LogP contribution < -0.4 is 10.1 Å². The van der Waals surface area contributed by atoms with Crippen molar-refractivity contribution >= 4 is 33.2 Å². The van der Waals surface area contributed by atoms with E-state index >= 15 is 0 Å². The lowest BCUT2D eigenvalue weighted by atomic mass is 9.75. The van der Waals surface area contributed by atoms with Gasteiger partial charge in [0.1, 0.15) is 17.4 Å². The Kier molecular flexibility index (Phi) is 8.23. The molecule has 5 rings (SSSR count). The Morgan fingerprint density at radius 3 is 2.68 bits per heavy atom. The first-order valence-electron chi connectivity index (χ1n) is 13.2. The van der Waals surface area contributed by atoms with Gasteiger partial charge in [-0.25, -0.2) is 4.98 Å². The largest absolute Gasteiger partial charge is 0.466 e. The monoisotopic (exact) mass is 572 g/mol. The smallest absolute Gasteiger partial charge is 0.152 e. The Hall–Kier alpha value is -3.45. The molecule has 3 heterocycles. The normalized spacial score (nSPS) is 18.2. The number of ether oxygens (including phenoxy) is 1. The second-order valence-corrected chi connectivity index (χ2v) is 11.0. The third kappa shape index (κ3) is 5.99. The average molecular weight is 574 g/mol. The van der Waals surface area contributed by atoms with Gasteiger partial charge in [-0.2, -0.15) is 0 Å². The van der Waals surface area contributed by atoms with Crippen LogP contribution in [-0.4, -0.2) is 20.2 Å². The Labute approximate surface area is 232 Å². The number of rotatable bonds is 10. The van der Waals surface area contributed by atoms with Crippen LogP contribution in [0.3, 0.4) is 0 Å². The summed E-state index contributed by atoms with van der Waals surface area (Å²) >= 11 is 3.66. The van der Waals surface area contributed by atoms with Crippen molar-refractivity contribution in [3.63, 3.8) is 0 Å². The molecule has 1 saturated carbocycles. The minimum absolute atomic E-state index is 0.00264. The maximum absolute atomic E-state index is 13.3. The Morgan fingerprint density at radius 2 is 1.97 bits per heavy atom. The number of fused-ring (bicyclic) bond motifs is 1. The number of carbonyl (C=O) groups is 1. The van der Waals surface area contributed by atoms with Crippen molar-refractivity contribution in [2.24, 2.45) is 11.8 Å².